The van der Waals surface area contributed by atoms with Gasteiger partial charge >= 0.3 is 0 Å². The van der Waals surface area contributed by atoms with Crippen LogP contribution in [0.1, 0.15) is 24.2 Å². The molecule has 0 saturated carbocycles. The van der Waals surface area contributed by atoms with Gasteiger partial charge in [0.2, 0.25) is 0 Å². The first-order valence-electron chi connectivity index (χ1n) is 5.90. The van der Waals surface area contributed by atoms with Crippen LogP contribution in [0.2, 0.25) is 5.02 Å². The van der Waals surface area contributed by atoms with E-state index < -0.39 is 0 Å². The minimum atomic E-state index is -0.211. The molecule has 1 saturated heterocycles. The summed E-state index contributed by atoms with van der Waals surface area (Å²) in [5.74, 6) is -0.256. The van der Waals surface area contributed by atoms with Gasteiger partial charge in [-0.15, -0.1) is 0 Å². The SMILES string of the molecule is CC1CN(C(=O)c2cc(Cl)ccc2O)CC(C)O1. The van der Waals surface area contributed by atoms with Crippen molar-refractivity contribution >= 4 is 17.5 Å². The van der Waals surface area contributed by atoms with Gasteiger partial charge in [-0.25, -0.2) is 0 Å². The Hall–Kier alpha value is -1.26. The van der Waals surface area contributed by atoms with E-state index in [-0.39, 0.29) is 29.4 Å². The smallest absolute Gasteiger partial charge is 0.257 e. The fraction of sp³-hybridized carbons (Fsp3) is 0.462. The molecule has 98 valence electrons. The van der Waals surface area contributed by atoms with E-state index in [4.69, 9.17) is 16.3 Å². The summed E-state index contributed by atoms with van der Waals surface area (Å²) in [4.78, 5) is 14.0. The van der Waals surface area contributed by atoms with Crippen LogP contribution < -0.4 is 0 Å². The number of hydrogen-bond donors (Lipinski definition) is 1. The summed E-state index contributed by atoms with van der Waals surface area (Å²) in [6, 6.07) is 4.48. The summed E-state index contributed by atoms with van der Waals surface area (Å²) < 4.78 is 5.57. The molecule has 1 fully saturated rings. The van der Waals surface area contributed by atoms with Crippen LogP contribution in [0.4, 0.5) is 0 Å². The molecule has 0 aliphatic carbocycles. The third-order valence-electron chi connectivity index (χ3n) is 2.90. The molecular formula is C13H16ClNO3. The van der Waals surface area contributed by atoms with Gasteiger partial charge in [0.25, 0.3) is 5.91 Å². The Morgan fingerprint density at radius 2 is 2.00 bits per heavy atom. The summed E-state index contributed by atoms with van der Waals surface area (Å²) in [7, 11) is 0. The highest BCUT2D eigenvalue weighted by Crippen LogP contribution is 2.24. The molecular weight excluding hydrogens is 254 g/mol. The first kappa shape index (κ1) is 13.2. The third-order valence-corrected chi connectivity index (χ3v) is 3.13. The van der Waals surface area contributed by atoms with E-state index in [1.54, 1.807) is 11.0 Å². The molecule has 0 bridgehead atoms. The Labute approximate surface area is 111 Å². The Bertz CT molecular complexity index is 454. The molecule has 18 heavy (non-hydrogen) atoms. The molecule has 1 aromatic rings. The first-order valence-corrected chi connectivity index (χ1v) is 6.28. The average Bonchev–Trinajstić information content (AvgIpc) is 2.30. The van der Waals surface area contributed by atoms with Gasteiger partial charge in [-0.3, -0.25) is 4.79 Å². The van der Waals surface area contributed by atoms with Crippen molar-refractivity contribution in [1.82, 2.24) is 4.90 Å². The molecule has 1 aliphatic rings. The van der Waals surface area contributed by atoms with Gasteiger partial charge in [-0.05, 0) is 32.0 Å². The standard InChI is InChI=1S/C13H16ClNO3/c1-8-6-15(7-9(2)18-8)13(17)11-5-10(14)3-4-12(11)16/h3-5,8-9,16H,6-7H2,1-2H3. The maximum atomic E-state index is 12.3. The second-order valence-electron chi connectivity index (χ2n) is 4.63. The molecule has 1 N–H and O–H groups in total. The molecule has 0 spiro atoms. The van der Waals surface area contributed by atoms with Crippen LogP contribution in [0.3, 0.4) is 0 Å². The zero-order chi connectivity index (χ0) is 13.3. The monoisotopic (exact) mass is 269 g/mol. The molecule has 2 rings (SSSR count). The predicted octanol–water partition coefficient (Wildman–Crippen LogP) is 2.29. The topological polar surface area (TPSA) is 49.8 Å². The van der Waals surface area contributed by atoms with Crippen LogP contribution in [0.25, 0.3) is 0 Å². The van der Waals surface area contributed by atoms with Gasteiger partial charge in [0, 0.05) is 18.1 Å². The highest BCUT2D eigenvalue weighted by Gasteiger charge is 2.27. The zero-order valence-corrected chi connectivity index (χ0v) is 11.1. The number of ether oxygens (including phenoxy) is 1. The summed E-state index contributed by atoms with van der Waals surface area (Å²) in [5, 5.41) is 10.2. The van der Waals surface area contributed by atoms with Crippen molar-refractivity contribution in [1.29, 1.82) is 0 Å². The summed E-state index contributed by atoms with van der Waals surface area (Å²) in [6.07, 6.45) is -0.00180. The highest BCUT2D eigenvalue weighted by molar-refractivity contribution is 6.31. The van der Waals surface area contributed by atoms with Gasteiger partial charge < -0.3 is 14.7 Å². The van der Waals surface area contributed by atoms with E-state index in [9.17, 15) is 9.90 Å². The van der Waals surface area contributed by atoms with Crippen molar-refractivity contribution in [3.63, 3.8) is 0 Å². The lowest BCUT2D eigenvalue weighted by Gasteiger charge is -2.35. The number of benzene rings is 1. The van der Waals surface area contributed by atoms with Crippen LogP contribution in [-0.4, -0.2) is 41.2 Å². The third kappa shape index (κ3) is 2.76. The molecule has 2 unspecified atom stereocenters. The van der Waals surface area contributed by atoms with Crippen molar-refractivity contribution in [2.45, 2.75) is 26.1 Å². The number of phenolic OH excluding ortho intramolecular Hbond substituents is 1. The fourth-order valence-electron chi connectivity index (χ4n) is 2.19. The van der Waals surface area contributed by atoms with E-state index in [0.29, 0.717) is 18.1 Å². The first-order chi connectivity index (χ1) is 8.47. The Morgan fingerprint density at radius 3 is 2.61 bits per heavy atom. The van der Waals surface area contributed by atoms with Gasteiger partial charge in [-0.2, -0.15) is 0 Å². The maximum Gasteiger partial charge on any atom is 0.257 e. The predicted molar refractivity (Wildman–Crippen MR) is 69.0 cm³/mol. The molecule has 5 heteroatoms. The van der Waals surface area contributed by atoms with Crippen LogP contribution in [0.15, 0.2) is 18.2 Å². The zero-order valence-electron chi connectivity index (χ0n) is 10.4. The van der Waals surface area contributed by atoms with Crippen LogP contribution in [-0.2, 0) is 4.74 Å². The molecule has 0 radical (unpaired) electrons. The number of hydrogen-bond acceptors (Lipinski definition) is 3. The van der Waals surface area contributed by atoms with Gasteiger partial charge in [0.1, 0.15) is 5.75 Å². The molecule has 1 amide bonds. The molecule has 2 atom stereocenters. The molecule has 1 aromatic carbocycles. The van der Waals surface area contributed by atoms with Gasteiger partial charge in [0.15, 0.2) is 0 Å². The van der Waals surface area contributed by atoms with Crippen molar-refractivity contribution in [2.75, 3.05) is 13.1 Å². The number of rotatable bonds is 1. The number of phenols is 1. The molecule has 4 nitrogen and oxygen atoms in total. The number of morpholine rings is 1. The minimum absolute atomic E-state index is 0.000901. The fourth-order valence-corrected chi connectivity index (χ4v) is 2.37. The highest BCUT2D eigenvalue weighted by atomic mass is 35.5. The largest absolute Gasteiger partial charge is 0.507 e. The number of nitrogens with zero attached hydrogens (tertiary/aromatic N) is 1. The second-order valence-corrected chi connectivity index (χ2v) is 5.07. The van der Waals surface area contributed by atoms with Crippen LogP contribution in [0, 0.1) is 0 Å². The quantitative estimate of drug-likeness (QED) is 0.851. The normalized spacial score (nSPS) is 24.1. The van der Waals surface area contributed by atoms with E-state index >= 15 is 0 Å². The minimum Gasteiger partial charge on any atom is -0.507 e. The Kier molecular flexibility index (Phi) is 3.78. The van der Waals surface area contributed by atoms with E-state index in [2.05, 4.69) is 0 Å². The maximum absolute atomic E-state index is 12.3. The van der Waals surface area contributed by atoms with Crippen molar-refractivity contribution in [2.24, 2.45) is 0 Å². The van der Waals surface area contributed by atoms with E-state index in [0.717, 1.165) is 0 Å². The number of aromatic hydroxyl groups is 1. The van der Waals surface area contributed by atoms with Crippen molar-refractivity contribution in [3.8, 4) is 5.75 Å². The Morgan fingerprint density at radius 1 is 1.39 bits per heavy atom. The lowest BCUT2D eigenvalue weighted by atomic mass is 10.1. The molecule has 0 aromatic heterocycles. The second kappa shape index (κ2) is 5.16. The lowest BCUT2D eigenvalue weighted by Crippen LogP contribution is -2.48. The summed E-state index contributed by atoms with van der Waals surface area (Å²) >= 11 is 5.85. The van der Waals surface area contributed by atoms with Crippen molar-refractivity contribution < 1.29 is 14.6 Å². The lowest BCUT2D eigenvalue weighted by molar-refractivity contribution is -0.0586. The number of carbonyl (C=O) groups is 1. The summed E-state index contributed by atoms with van der Waals surface area (Å²) in [5.41, 5.74) is 0.240. The number of carbonyl (C=O) groups excluding carboxylic acids is 1. The van der Waals surface area contributed by atoms with Crippen LogP contribution in [0.5, 0.6) is 5.75 Å². The van der Waals surface area contributed by atoms with Crippen molar-refractivity contribution in [3.05, 3.63) is 28.8 Å². The number of halogens is 1. The van der Waals surface area contributed by atoms with E-state index in [1.807, 2.05) is 13.8 Å². The molecule has 1 aliphatic heterocycles. The van der Waals surface area contributed by atoms with Crippen LogP contribution >= 0.6 is 11.6 Å². The Balaban J connectivity index is 2.22. The summed E-state index contributed by atoms with van der Waals surface area (Å²) in [6.45, 7) is 4.89. The number of amides is 1. The van der Waals surface area contributed by atoms with E-state index in [1.165, 1.54) is 12.1 Å². The average molecular weight is 270 g/mol. The van der Waals surface area contributed by atoms with Gasteiger partial charge in [0.05, 0.1) is 17.8 Å². The molecule has 1 heterocycles. The van der Waals surface area contributed by atoms with Gasteiger partial charge in [-0.1, -0.05) is 11.6 Å².